The lowest BCUT2D eigenvalue weighted by Gasteiger charge is -2.12. The average molecular weight is 329 g/mol. The lowest BCUT2D eigenvalue weighted by molar-refractivity contribution is -0.886. The molecule has 130 valence electrons. The Labute approximate surface area is 144 Å². The molecule has 1 aromatic heterocycles. The zero-order valence-electron chi connectivity index (χ0n) is 15.2. The smallest absolute Gasteiger partial charge is 0.275 e. The first-order chi connectivity index (χ1) is 11.4. The Balaban J connectivity index is 1.69. The number of carbonyl (C=O) groups excluding carboxylic acids is 1. The summed E-state index contributed by atoms with van der Waals surface area (Å²) in [6.45, 7) is 8.16. The van der Waals surface area contributed by atoms with Crippen LogP contribution in [0.5, 0.6) is 0 Å². The summed E-state index contributed by atoms with van der Waals surface area (Å²) in [6.07, 6.45) is 0.862. The van der Waals surface area contributed by atoms with Crippen LogP contribution in [-0.4, -0.2) is 26.0 Å². The number of benzene rings is 1. The first-order valence-electron chi connectivity index (χ1n) is 8.66. The first-order valence-corrected chi connectivity index (χ1v) is 8.66. The van der Waals surface area contributed by atoms with E-state index < -0.39 is 0 Å². The summed E-state index contributed by atoms with van der Waals surface area (Å²) in [5.74, 6) is 2.46. The van der Waals surface area contributed by atoms with Crippen molar-refractivity contribution in [3.8, 4) is 0 Å². The third kappa shape index (κ3) is 5.85. The molecule has 4 nitrogen and oxygen atoms in total. The normalized spacial score (nSPS) is 12.4. The molecule has 0 aliphatic carbocycles. The van der Waals surface area contributed by atoms with E-state index in [1.807, 2.05) is 26.1 Å². The van der Waals surface area contributed by atoms with Crippen LogP contribution in [0.2, 0.25) is 0 Å². The quantitative estimate of drug-likeness (QED) is 0.779. The molecule has 2 aromatic rings. The van der Waals surface area contributed by atoms with E-state index in [2.05, 4.69) is 43.4 Å². The van der Waals surface area contributed by atoms with E-state index in [1.165, 1.54) is 11.1 Å². The summed E-state index contributed by atoms with van der Waals surface area (Å²) < 4.78 is 5.55. The van der Waals surface area contributed by atoms with Crippen molar-refractivity contribution < 1.29 is 14.1 Å². The van der Waals surface area contributed by atoms with Gasteiger partial charge in [0.1, 0.15) is 12.3 Å². The van der Waals surface area contributed by atoms with Crippen molar-refractivity contribution in [3.05, 3.63) is 59.0 Å². The lowest BCUT2D eigenvalue weighted by Crippen LogP contribution is -3.08. The Morgan fingerprint density at radius 2 is 1.88 bits per heavy atom. The molecule has 0 aliphatic heterocycles. The number of likely N-dealkylation sites (N-methyl/N-ethyl adjacent to an activating group) is 1. The highest BCUT2D eigenvalue weighted by Gasteiger charge is 2.12. The minimum absolute atomic E-state index is 0.0783. The number of carbonyl (C=O) groups is 1. The predicted octanol–water partition coefficient (Wildman–Crippen LogP) is 2.09. The van der Waals surface area contributed by atoms with Gasteiger partial charge in [0.15, 0.2) is 12.3 Å². The number of aryl methyl sites for hydroxylation is 1. The van der Waals surface area contributed by atoms with Crippen LogP contribution in [0.1, 0.15) is 42.4 Å². The van der Waals surface area contributed by atoms with Gasteiger partial charge in [0, 0.05) is 6.54 Å². The monoisotopic (exact) mass is 329 g/mol. The van der Waals surface area contributed by atoms with Gasteiger partial charge in [-0.1, -0.05) is 38.1 Å². The fraction of sp³-hybridized carbons (Fsp3) is 0.450. The number of quaternary nitrogens is 1. The van der Waals surface area contributed by atoms with Gasteiger partial charge in [0.2, 0.25) is 0 Å². The highest BCUT2D eigenvalue weighted by atomic mass is 16.3. The van der Waals surface area contributed by atoms with E-state index >= 15 is 0 Å². The molecule has 2 N–H and O–H groups in total. The summed E-state index contributed by atoms with van der Waals surface area (Å²) in [6, 6.07) is 12.6. The molecule has 4 heteroatoms. The molecule has 24 heavy (non-hydrogen) atoms. The second-order valence-corrected chi connectivity index (χ2v) is 6.82. The number of hydrogen-bond acceptors (Lipinski definition) is 2. The summed E-state index contributed by atoms with van der Waals surface area (Å²) in [7, 11) is 2.00. The minimum Gasteiger partial charge on any atom is -0.460 e. The van der Waals surface area contributed by atoms with Gasteiger partial charge in [0.05, 0.1) is 7.05 Å². The molecule has 1 heterocycles. The Kier molecular flexibility index (Phi) is 6.62. The van der Waals surface area contributed by atoms with E-state index in [9.17, 15) is 4.79 Å². The van der Waals surface area contributed by atoms with Crippen LogP contribution in [0.25, 0.3) is 0 Å². The average Bonchev–Trinajstić information content (AvgIpc) is 2.92. The van der Waals surface area contributed by atoms with Gasteiger partial charge in [0.25, 0.3) is 5.91 Å². The Morgan fingerprint density at radius 1 is 1.17 bits per heavy atom. The van der Waals surface area contributed by atoms with Gasteiger partial charge in [-0.05, 0) is 42.5 Å². The van der Waals surface area contributed by atoms with E-state index in [0.717, 1.165) is 29.4 Å². The van der Waals surface area contributed by atoms with Crippen LogP contribution >= 0.6 is 0 Å². The predicted molar refractivity (Wildman–Crippen MR) is 96.1 cm³/mol. The fourth-order valence-corrected chi connectivity index (χ4v) is 2.69. The van der Waals surface area contributed by atoms with Gasteiger partial charge in [-0.25, -0.2) is 0 Å². The summed E-state index contributed by atoms with van der Waals surface area (Å²) in [5, 5.41) is 3.00. The topological polar surface area (TPSA) is 46.7 Å². The molecule has 0 fully saturated rings. The highest BCUT2D eigenvalue weighted by Crippen LogP contribution is 2.14. The number of amides is 1. The van der Waals surface area contributed by atoms with Gasteiger partial charge in [-0.3, -0.25) is 4.79 Å². The molecule has 1 unspecified atom stereocenters. The highest BCUT2D eigenvalue weighted by molar-refractivity contribution is 5.76. The minimum atomic E-state index is 0.0783. The van der Waals surface area contributed by atoms with E-state index in [0.29, 0.717) is 19.0 Å². The molecule has 2 rings (SSSR count). The molecule has 1 aromatic carbocycles. The molecule has 0 bridgehead atoms. The summed E-state index contributed by atoms with van der Waals surface area (Å²) in [5.41, 5.74) is 2.60. The van der Waals surface area contributed by atoms with Crippen molar-refractivity contribution in [2.24, 2.45) is 0 Å². The van der Waals surface area contributed by atoms with Gasteiger partial charge in [-0.2, -0.15) is 0 Å². The number of furan rings is 1. The maximum atomic E-state index is 12.0. The number of rotatable bonds is 8. The summed E-state index contributed by atoms with van der Waals surface area (Å²) >= 11 is 0. The summed E-state index contributed by atoms with van der Waals surface area (Å²) in [4.78, 5) is 13.1. The van der Waals surface area contributed by atoms with Crippen LogP contribution in [0.15, 0.2) is 40.8 Å². The zero-order chi connectivity index (χ0) is 17.5. The van der Waals surface area contributed by atoms with Crippen molar-refractivity contribution in [1.29, 1.82) is 0 Å². The van der Waals surface area contributed by atoms with Crippen molar-refractivity contribution >= 4 is 5.91 Å². The van der Waals surface area contributed by atoms with Gasteiger partial charge < -0.3 is 14.6 Å². The third-order valence-corrected chi connectivity index (χ3v) is 4.12. The Bertz CT molecular complexity index is 644. The maximum absolute atomic E-state index is 12.0. The second kappa shape index (κ2) is 8.69. The van der Waals surface area contributed by atoms with Crippen LogP contribution in [0.3, 0.4) is 0 Å². The van der Waals surface area contributed by atoms with Crippen LogP contribution in [-0.2, 0) is 17.8 Å². The molecule has 1 amide bonds. The van der Waals surface area contributed by atoms with Gasteiger partial charge >= 0.3 is 0 Å². The molecular formula is C20H29N2O2+. The number of nitrogens with one attached hydrogen (secondary N) is 2. The molecular weight excluding hydrogens is 300 g/mol. The van der Waals surface area contributed by atoms with E-state index in [1.54, 1.807) is 0 Å². The Hall–Kier alpha value is -2.07. The molecule has 0 radical (unpaired) electrons. The zero-order valence-corrected chi connectivity index (χ0v) is 15.2. The van der Waals surface area contributed by atoms with E-state index in [4.69, 9.17) is 4.42 Å². The number of hydrogen-bond donors (Lipinski definition) is 2. The molecule has 0 spiro atoms. The fourth-order valence-electron chi connectivity index (χ4n) is 2.69. The van der Waals surface area contributed by atoms with Crippen LogP contribution < -0.4 is 10.2 Å². The molecule has 0 saturated carbocycles. The molecule has 0 aliphatic rings. The third-order valence-electron chi connectivity index (χ3n) is 4.12. The van der Waals surface area contributed by atoms with Crippen molar-refractivity contribution in [2.75, 3.05) is 20.1 Å². The van der Waals surface area contributed by atoms with Crippen LogP contribution in [0.4, 0.5) is 0 Å². The van der Waals surface area contributed by atoms with Crippen LogP contribution in [0, 0.1) is 6.92 Å². The largest absolute Gasteiger partial charge is 0.460 e. The van der Waals surface area contributed by atoms with Crippen molar-refractivity contribution in [2.45, 2.75) is 39.7 Å². The van der Waals surface area contributed by atoms with E-state index in [-0.39, 0.29) is 5.91 Å². The standard InChI is InChI=1S/C20H28N2O2/c1-15(2)18-8-6-17(7-9-18)11-12-21-20(23)14-22(4)13-19-10-5-16(3)24-19/h5-10,15H,11-14H2,1-4H3,(H,21,23)/p+1. The van der Waals surface area contributed by atoms with Crippen molar-refractivity contribution in [1.82, 2.24) is 5.32 Å². The Morgan fingerprint density at radius 3 is 2.46 bits per heavy atom. The molecule has 0 saturated heterocycles. The lowest BCUT2D eigenvalue weighted by atomic mass is 10.0. The van der Waals surface area contributed by atoms with Crippen molar-refractivity contribution in [3.63, 3.8) is 0 Å². The second-order valence-electron chi connectivity index (χ2n) is 6.82. The first kappa shape index (κ1) is 18.3. The van der Waals surface area contributed by atoms with Gasteiger partial charge in [-0.15, -0.1) is 0 Å². The SMILES string of the molecule is Cc1ccc(C[NH+](C)CC(=O)NCCc2ccc(C(C)C)cc2)o1. The molecule has 1 atom stereocenters. The maximum Gasteiger partial charge on any atom is 0.275 e.